The molecule has 1 atom stereocenters. The van der Waals surface area contributed by atoms with Crippen LogP contribution in [0.2, 0.25) is 5.02 Å². The molecule has 1 amide bonds. The summed E-state index contributed by atoms with van der Waals surface area (Å²) < 4.78 is 22.6. The molecule has 0 saturated carbocycles. The van der Waals surface area contributed by atoms with Crippen molar-refractivity contribution in [3.63, 3.8) is 0 Å². The minimum absolute atomic E-state index is 0.138. The fourth-order valence-electron chi connectivity index (χ4n) is 4.05. The van der Waals surface area contributed by atoms with Gasteiger partial charge in [0, 0.05) is 18.0 Å². The van der Waals surface area contributed by atoms with Gasteiger partial charge in [0.2, 0.25) is 11.6 Å². The zero-order chi connectivity index (χ0) is 23.2. The van der Waals surface area contributed by atoms with Crippen molar-refractivity contribution >= 4 is 17.5 Å². The lowest BCUT2D eigenvalue weighted by atomic mass is 10.0. The second-order valence-corrected chi connectivity index (χ2v) is 8.22. The molecule has 1 aliphatic heterocycles. The van der Waals surface area contributed by atoms with Crippen molar-refractivity contribution in [2.45, 2.75) is 31.7 Å². The van der Waals surface area contributed by atoms with Crippen LogP contribution >= 0.6 is 11.6 Å². The van der Waals surface area contributed by atoms with Gasteiger partial charge in [-0.15, -0.1) is 0 Å². The molecule has 3 aromatic rings. The predicted octanol–water partition coefficient (Wildman–Crippen LogP) is 5.07. The average molecular weight is 471 g/mol. The first-order chi connectivity index (χ1) is 16.1. The fraction of sp³-hybridized carbons (Fsp3) is 0.360. The van der Waals surface area contributed by atoms with Gasteiger partial charge in [-0.1, -0.05) is 35.9 Å². The second-order valence-electron chi connectivity index (χ2n) is 7.81. The molecule has 1 aromatic heterocycles. The maximum Gasteiger partial charge on any atom is 0.261 e. The number of piperidine rings is 1. The zero-order valence-electron chi connectivity index (χ0n) is 18.8. The van der Waals surface area contributed by atoms with E-state index in [0.29, 0.717) is 46.9 Å². The molecule has 8 heteroatoms. The molecular formula is C25H27ClN2O5. The molecule has 1 fully saturated rings. The summed E-state index contributed by atoms with van der Waals surface area (Å²) in [6.45, 7) is 0.485. The molecule has 0 unspecified atom stereocenters. The van der Waals surface area contributed by atoms with Crippen molar-refractivity contribution in [3.8, 4) is 17.2 Å². The SMILES string of the molecule is COc1cccc(OC)c1OCC(=O)N1CCCC[C@@H]1c1ncc(Cc2ccccc2Cl)o1. The minimum atomic E-state index is -0.227. The van der Waals surface area contributed by atoms with Crippen molar-refractivity contribution < 1.29 is 23.4 Å². The van der Waals surface area contributed by atoms with Gasteiger partial charge in [0.05, 0.1) is 20.4 Å². The van der Waals surface area contributed by atoms with Gasteiger partial charge in [0.1, 0.15) is 11.8 Å². The van der Waals surface area contributed by atoms with E-state index in [-0.39, 0.29) is 18.6 Å². The van der Waals surface area contributed by atoms with Crippen LogP contribution < -0.4 is 14.2 Å². The molecular weight excluding hydrogens is 444 g/mol. The lowest BCUT2D eigenvalue weighted by molar-refractivity contribution is -0.137. The van der Waals surface area contributed by atoms with E-state index in [1.807, 2.05) is 24.3 Å². The highest BCUT2D eigenvalue weighted by atomic mass is 35.5. The highest BCUT2D eigenvalue weighted by Gasteiger charge is 2.32. The van der Waals surface area contributed by atoms with Crippen LogP contribution in [0.5, 0.6) is 17.2 Å². The van der Waals surface area contributed by atoms with E-state index in [2.05, 4.69) is 4.98 Å². The molecule has 174 valence electrons. The van der Waals surface area contributed by atoms with Crippen molar-refractivity contribution in [1.29, 1.82) is 0 Å². The largest absolute Gasteiger partial charge is 0.493 e. The molecule has 33 heavy (non-hydrogen) atoms. The summed E-state index contributed by atoms with van der Waals surface area (Å²) in [4.78, 5) is 19.4. The number of benzene rings is 2. The number of amides is 1. The molecule has 0 spiro atoms. The van der Waals surface area contributed by atoms with Gasteiger partial charge in [-0.25, -0.2) is 4.98 Å². The Balaban J connectivity index is 1.46. The number of hydrogen-bond donors (Lipinski definition) is 0. The first-order valence-corrected chi connectivity index (χ1v) is 11.3. The van der Waals surface area contributed by atoms with Gasteiger partial charge in [0.25, 0.3) is 5.91 Å². The Morgan fingerprint density at radius 1 is 1.12 bits per heavy atom. The van der Waals surface area contributed by atoms with Crippen LogP contribution in [0, 0.1) is 0 Å². The number of oxazole rings is 1. The zero-order valence-corrected chi connectivity index (χ0v) is 19.5. The first kappa shape index (κ1) is 23.0. The molecule has 4 rings (SSSR count). The summed E-state index contributed by atoms with van der Waals surface area (Å²) >= 11 is 6.28. The lowest BCUT2D eigenvalue weighted by Crippen LogP contribution is -2.41. The Kier molecular flexibility index (Phi) is 7.40. The van der Waals surface area contributed by atoms with Crippen molar-refractivity contribution in [1.82, 2.24) is 9.88 Å². The van der Waals surface area contributed by atoms with Crippen LogP contribution in [-0.4, -0.2) is 43.2 Å². The monoisotopic (exact) mass is 470 g/mol. The van der Waals surface area contributed by atoms with Gasteiger partial charge >= 0.3 is 0 Å². The smallest absolute Gasteiger partial charge is 0.261 e. The van der Waals surface area contributed by atoms with E-state index in [4.69, 9.17) is 30.2 Å². The minimum Gasteiger partial charge on any atom is -0.493 e. The van der Waals surface area contributed by atoms with E-state index in [9.17, 15) is 4.79 Å². The number of para-hydroxylation sites is 1. The number of hydrogen-bond acceptors (Lipinski definition) is 6. The van der Waals surface area contributed by atoms with Crippen LogP contribution in [0.3, 0.4) is 0 Å². The molecule has 7 nitrogen and oxygen atoms in total. The molecule has 0 radical (unpaired) electrons. The Morgan fingerprint density at radius 2 is 1.88 bits per heavy atom. The van der Waals surface area contributed by atoms with Crippen molar-refractivity contribution in [2.75, 3.05) is 27.4 Å². The van der Waals surface area contributed by atoms with E-state index < -0.39 is 0 Å². The van der Waals surface area contributed by atoms with E-state index >= 15 is 0 Å². The summed E-state index contributed by atoms with van der Waals surface area (Å²) in [6, 6.07) is 12.8. The number of carbonyl (C=O) groups excluding carboxylic acids is 1. The Morgan fingerprint density at radius 3 is 2.61 bits per heavy atom. The van der Waals surface area contributed by atoms with Gasteiger partial charge in [-0.3, -0.25) is 4.79 Å². The van der Waals surface area contributed by atoms with Crippen molar-refractivity contribution in [2.24, 2.45) is 0 Å². The van der Waals surface area contributed by atoms with E-state index in [0.717, 1.165) is 24.8 Å². The summed E-state index contributed by atoms with van der Waals surface area (Å²) in [6.07, 6.45) is 4.97. The maximum atomic E-state index is 13.1. The number of rotatable bonds is 8. The summed E-state index contributed by atoms with van der Waals surface area (Å²) in [5.74, 6) is 2.54. The normalized spacial score (nSPS) is 15.8. The van der Waals surface area contributed by atoms with Gasteiger partial charge in [-0.05, 0) is 43.0 Å². The van der Waals surface area contributed by atoms with E-state index in [1.165, 1.54) is 0 Å². The molecule has 2 heterocycles. The quantitative estimate of drug-likeness (QED) is 0.457. The van der Waals surface area contributed by atoms with Crippen LogP contribution in [-0.2, 0) is 11.2 Å². The Bertz CT molecular complexity index is 1080. The van der Waals surface area contributed by atoms with Gasteiger partial charge in [-0.2, -0.15) is 0 Å². The van der Waals surface area contributed by atoms with Crippen LogP contribution in [0.1, 0.15) is 42.5 Å². The summed E-state index contributed by atoms with van der Waals surface area (Å²) in [7, 11) is 3.10. The molecule has 0 N–H and O–H groups in total. The summed E-state index contributed by atoms with van der Waals surface area (Å²) in [5.41, 5.74) is 0.970. The lowest BCUT2D eigenvalue weighted by Gasteiger charge is -2.33. The predicted molar refractivity (Wildman–Crippen MR) is 124 cm³/mol. The molecule has 0 aliphatic carbocycles. The molecule has 2 aromatic carbocycles. The first-order valence-electron chi connectivity index (χ1n) is 10.9. The number of aromatic nitrogens is 1. The average Bonchev–Trinajstić information content (AvgIpc) is 3.32. The third-order valence-corrected chi connectivity index (χ3v) is 6.09. The van der Waals surface area contributed by atoms with Crippen LogP contribution in [0.4, 0.5) is 0 Å². The van der Waals surface area contributed by atoms with Crippen LogP contribution in [0.15, 0.2) is 53.1 Å². The maximum absolute atomic E-state index is 13.1. The number of halogens is 1. The second kappa shape index (κ2) is 10.6. The topological polar surface area (TPSA) is 74.0 Å². The molecule has 1 aliphatic rings. The summed E-state index contributed by atoms with van der Waals surface area (Å²) in [5, 5.41) is 0.689. The third kappa shape index (κ3) is 5.25. The standard InChI is InChI=1S/C25H27ClN2O5/c1-30-21-11-7-12-22(31-2)24(21)32-16-23(29)28-13-6-5-10-20(28)25-27-15-18(33-25)14-17-8-3-4-9-19(17)26/h3-4,7-9,11-12,15,20H,5-6,10,13-14,16H2,1-2H3/t20-/m1/s1. The number of methoxy groups -OCH3 is 2. The number of nitrogens with zero attached hydrogens (tertiary/aromatic N) is 2. The fourth-order valence-corrected chi connectivity index (χ4v) is 4.25. The molecule has 1 saturated heterocycles. The number of carbonyl (C=O) groups is 1. The van der Waals surface area contributed by atoms with Crippen LogP contribution in [0.25, 0.3) is 0 Å². The molecule has 0 bridgehead atoms. The third-order valence-electron chi connectivity index (χ3n) is 5.72. The Hall–Kier alpha value is -3.19. The number of ether oxygens (including phenoxy) is 3. The Labute approximate surface area is 198 Å². The van der Waals surface area contributed by atoms with E-state index in [1.54, 1.807) is 43.5 Å². The number of likely N-dealkylation sites (tertiary alicyclic amines) is 1. The highest BCUT2D eigenvalue weighted by molar-refractivity contribution is 6.31. The highest BCUT2D eigenvalue weighted by Crippen LogP contribution is 2.37. The van der Waals surface area contributed by atoms with Gasteiger partial charge < -0.3 is 23.5 Å². The van der Waals surface area contributed by atoms with Gasteiger partial charge in [0.15, 0.2) is 18.1 Å². The van der Waals surface area contributed by atoms with Crippen molar-refractivity contribution in [3.05, 3.63) is 70.9 Å².